The molecule has 5 heteroatoms. The first kappa shape index (κ1) is 18.1. The Labute approximate surface area is 164 Å². The minimum atomic E-state index is 0.122. The second-order valence-electron chi connectivity index (χ2n) is 7.42. The second-order valence-corrected chi connectivity index (χ2v) is 7.78. The van der Waals surface area contributed by atoms with E-state index in [4.69, 9.17) is 16.0 Å². The highest BCUT2D eigenvalue weighted by Gasteiger charge is 2.30. The zero-order valence-electron chi connectivity index (χ0n) is 15.7. The number of pyridine rings is 1. The molecule has 0 atom stereocenters. The van der Waals surface area contributed by atoms with Crippen molar-refractivity contribution in [1.82, 2.24) is 9.88 Å². The molecule has 0 unspecified atom stereocenters. The first-order valence-electron chi connectivity index (χ1n) is 9.39. The molecule has 0 spiro atoms. The van der Waals surface area contributed by atoms with Crippen LogP contribution in [0, 0.1) is 19.8 Å². The third-order valence-corrected chi connectivity index (χ3v) is 5.92. The van der Waals surface area contributed by atoms with Crippen molar-refractivity contribution in [2.24, 2.45) is 5.92 Å². The summed E-state index contributed by atoms with van der Waals surface area (Å²) in [6.07, 6.45) is 4.70. The summed E-state index contributed by atoms with van der Waals surface area (Å²) in [5.74, 6) is 1.07. The predicted octanol–water partition coefficient (Wildman–Crippen LogP) is 5.43. The van der Waals surface area contributed by atoms with E-state index in [-0.39, 0.29) is 11.8 Å². The van der Waals surface area contributed by atoms with Gasteiger partial charge in [-0.1, -0.05) is 30.2 Å². The van der Waals surface area contributed by atoms with Gasteiger partial charge in [-0.05, 0) is 56.0 Å². The fourth-order valence-corrected chi connectivity index (χ4v) is 3.74. The molecule has 0 aliphatic heterocycles. The largest absolute Gasteiger partial charge is 0.467 e. The SMILES string of the molecule is Cc1ccc2cc(CN(Cc3ccco3)C(=O)C3CCC3)c(Cl)nc2c1C. The third-order valence-electron chi connectivity index (χ3n) is 5.59. The minimum Gasteiger partial charge on any atom is -0.467 e. The molecule has 0 saturated heterocycles. The van der Waals surface area contributed by atoms with E-state index in [0.29, 0.717) is 18.2 Å². The number of nitrogens with zero attached hydrogens (tertiary/aromatic N) is 2. The molecular weight excluding hydrogens is 360 g/mol. The predicted molar refractivity (Wildman–Crippen MR) is 107 cm³/mol. The van der Waals surface area contributed by atoms with Crippen LogP contribution in [0.4, 0.5) is 0 Å². The van der Waals surface area contributed by atoms with Crippen molar-refractivity contribution >= 4 is 28.4 Å². The number of aryl methyl sites for hydroxylation is 2. The van der Waals surface area contributed by atoms with Crippen molar-refractivity contribution in [1.29, 1.82) is 0 Å². The fourth-order valence-electron chi connectivity index (χ4n) is 3.54. The Morgan fingerprint density at radius 1 is 1.26 bits per heavy atom. The highest BCUT2D eigenvalue weighted by molar-refractivity contribution is 6.30. The summed E-state index contributed by atoms with van der Waals surface area (Å²) in [5.41, 5.74) is 4.12. The van der Waals surface area contributed by atoms with Crippen molar-refractivity contribution in [3.8, 4) is 0 Å². The van der Waals surface area contributed by atoms with Crippen LogP contribution in [0.2, 0.25) is 5.15 Å². The first-order valence-corrected chi connectivity index (χ1v) is 9.77. The van der Waals surface area contributed by atoms with Crippen molar-refractivity contribution in [2.45, 2.75) is 46.2 Å². The lowest BCUT2D eigenvalue weighted by molar-refractivity contribution is -0.139. The van der Waals surface area contributed by atoms with Crippen LogP contribution in [0.1, 0.15) is 41.7 Å². The molecule has 4 nitrogen and oxygen atoms in total. The quantitative estimate of drug-likeness (QED) is 0.553. The summed E-state index contributed by atoms with van der Waals surface area (Å²) in [6, 6.07) is 9.96. The fraction of sp³-hybridized carbons (Fsp3) is 0.364. The average Bonchev–Trinajstić information content (AvgIpc) is 3.10. The molecule has 3 aromatic rings. The number of furan rings is 1. The van der Waals surface area contributed by atoms with Gasteiger partial charge in [0.25, 0.3) is 0 Å². The van der Waals surface area contributed by atoms with Gasteiger partial charge in [0.15, 0.2) is 0 Å². The van der Waals surface area contributed by atoms with E-state index in [9.17, 15) is 4.79 Å². The van der Waals surface area contributed by atoms with Crippen LogP contribution in [0.25, 0.3) is 10.9 Å². The summed E-state index contributed by atoms with van der Waals surface area (Å²) in [5, 5.41) is 1.51. The van der Waals surface area contributed by atoms with Gasteiger partial charge in [-0.25, -0.2) is 4.98 Å². The van der Waals surface area contributed by atoms with Gasteiger partial charge in [-0.15, -0.1) is 0 Å². The smallest absolute Gasteiger partial charge is 0.226 e. The number of aromatic nitrogens is 1. The van der Waals surface area contributed by atoms with Crippen LogP contribution >= 0.6 is 11.6 Å². The molecule has 0 bridgehead atoms. The highest BCUT2D eigenvalue weighted by atomic mass is 35.5. The number of carbonyl (C=O) groups is 1. The molecule has 1 saturated carbocycles. The number of hydrogen-bond donors (Lipinski definition) is 0. The maximum atomic E-state index is 13.0. The van der Waals surface area contributed by atoms with Crippen LogP contribution in [-0.2, 0) is 17.9 Å². The van der Waals surface area contributed by atoms with E-state index in [1.807, 2.05) is 17.0 Å². The zero-order valence-corrected chi connectivity index (χ0v) is 16.4. The van der Waals surface area contributed by atoms with Gasteiger partial charge < -0.3 is 9.32 Å². The monoisotopic (exact) mass is 382 g/mol. The molecule has 1 aliphatic carbocycles. The van der Waals surface area contributed by atoms with Gasteiger partial charge in [-0.2, -0.15) is 0 Å². The molecule has 4 rings (SSSR count). The number of fused-ring (bicyclic) bond motifs is 1. The Kier molecular flexibility index (Phi) is 4.92. The number of rotatable bonds is 5. The van der Waals surface area contributed by atoms with Crippen molar-refractivity contribution < 1.29 is 9.21 Å². The summed E-state index contributed by atoms with van der Waals surface area (Å²) in [7, 11) is 0. The molecule has 1 amide bonds. The molecule has 27 heavy (non-hydrogen) atoms. The third kappa shape index (κ3) is 3.59. The number of halogens is 1. The molecule has 2 aromatic heterocycles. The standard InChI is InChI=1S/C22H23ClN2O2/c1-14-8-9-17-11-18(21(23)24-20(17)15(14)2)12-25(13-19-7-4-10-27-19)22(26)16-5-3-6-16/h4,7-11,16H,3,5-6,12-13H2,1-2H3. The van der Waals surface area contributed by atoms with Crippen molar-refractivity contribution in [3.05, 3.63) is 64.2 Å². The molecule has 0 radical (unpaired) electrons. The van der Waals surface area contributed by atoms with E-state index in [2.05, 4.69) is 37.0 Å². The topological polar surface area (TPSA) is 46.3 Å². The van der Waals surface area contributed by atoms with Gasteiger partial charge in [0, 0.05) is 23.4 Å². The molecule has 1 fully saturated rings. The molecule has 2 heterocycles. The van der Waals surface area contributed by atoms with Gasteiger partial charge in [0.1, 0.15) is 10.9 Å². The van der Waals surface area contributed by atoms with Crippen LogP contribution < -0.4 is 0 Å². The van der Waals surface area contributed by atoms with Crippen molar-refractivity contribution in [2.75, 3.05) is 0 Å². The molecule has 140 valence electrons. The maximum absolute atomic E-state index is 13.0. The zero-order chi connectivity index (χ0) is 19.0. The van der Waals surface area contributed by atoms with E-state index in [0.717, 1.165) is 47.1 Å². The lowest BCUT2D eigenvalue weighted by Gasteiger charge is -2.31. The Morgan fingerprint density at radius 3 is 2.74 bits per heavy atom. The number of carbonyl (C=O) groups excluding carboxylic acids is 1. The Morgan fingerprint density at radius 2 is 2.07 bits per heavy atom. The minimum absolute atomic E-state index is 0.122. The number of hydrogen-bond acceptors (Lipinski definition) is 3. The molecule has 1 aromatic carbocycles. The summed E-state index contributed by atoms with van der Waals surface area (Å²) >= 11 is 6.51. The molecule has 1 aliphatic rings. The molecule has 0 N–H and O–H groups in total. The Bertz CT molecular complexity index is 978. The number of benzene rings is 1. The maximum Gasteiger partial charge on any atom is 0.226 e. The van der Waals surface area contributed by atoms with Gasteiger partial charge in [-0.3, -0.25) is 4.79 Å². The van der Waals surface area contributed by atoms with Gasteiger partial charge in [0.2, 0.25) is 5.91 Å². The van der Waals surface area contributed by atoms with Crippen LogP contribution in [0.3, 0.4) is 0 Å². The average molecular weight is 383 g/mol. The Balaban J connectivity index is 1.66. The first-order chi connectivity index (χ1) is 13.0. The van der Waals surface area contributed by atoms with Crippen LogP contribution in [0.5, 0.6) is 0 Å². The highest BCUT2D eigenvalue weighted by Crippen LogP contribution is 2.31. The van der Waals surface area contributed by atoms with E-state index in [1.165, 1.54) is 5.56 Å². The summed E-state index contributed by atoms with van der Waals surface area (Å²) in [4.78, 5) is 19.4. The summed E-state index contributed by atoms with van der Waals surface area (Å²) in [6.45, 7) is 5.01. The van der Waals surface area contributed by atoms with Crippen LogP contribution in [-0.4, -0.2) is 15.8 Å². The van der Waals surface area contributed by atoms with Crippen LogP contribution in [0.15, 0.2) is 41.0 Å². The second kappa shape index (κ2) is 7.35. The molecular formula is C22H23ClN2O2. The van der Waals surface area contributed by atoms with Gasteiger partial charge >= 0.3 is 0 Å². The van der Waals surface area contributed by atoms with Crippen molar-refractivity contribution in [3.63, 3.8) is 0 Å². The lowest BCUT2D eigenvalue weighted by Crippen LogP contribution is -2.38. The lowest BCUT2D eigenvalue weighted by atomic mass is 9.84. The van der Waals surface area contributed by atoms with Gasteiger partial charge in [0.05, 0.1) is 18.3 Å². The normalized spacial score (nSPS) is 14.3. The number of amides is 1. The van der Waals surface area contributed by atoms with E-state index >= 15 is 0 Å². The summed E-state index contributed by atoms with van der Waals surface area (Å²) < 4.78 is 5.47. The van der Waals surface area contributed by atoms with E-state index in [1.54, 1.807) is 6.26 Å². The Hall–Kier alpha value is -2.33. The van der Waals surface area contributed by atoms with E-state index < -0.39 is 0 Å².